The van der Waals surface area contributed by atoms with Crippen LogP contribution in [0.3, 0.4) is 0 Å². The van der Waals surface area contributed by atoms with E-state index < -0.39 is 5.82 Å². The van der Waals surface area contributed by atoms with E-state index in [1.165, 1.54) is 17.0 Å². The van der Waals surface area contributed by atoms with Gasteiger partial charge in [-0.2, -0.15) is 0 Å². The van der Waals surface area contributed by atoms with Crippen molar-refractivity contribution in [3.63, 3.8) is 0 Å². The first-order valence-electron chi connectivity index (χ1n) is 6.00. The summed E-state index contributed by atoms with van der Waals surface area (Å²) < 4.78 is 18.7. The highest BCUT2D eigenvalue weighted by Crippen LogP contribution is 2.21. The molecule has 5 heteroatoms. The van der Waals surface area contributed by atoms with Crippen molar-refractivity contribution in [1.82, 2.24) is 5.32 Å². The molecule has 0 spiro atoms. The third-order valence-corrected chi connectivity index (χ3v) is 3.71. The summed E-state index contributed by atoms with van der Waals surface area (Å²) in [5.41, 5.74) is 0. The number of nitrogens with one attached hydrogen (secondary N) is 1. The number of halogens is 2. The molecule has 0 fully saturated rings. The third-order valence-electron chi connectivity index (χ3n) is 2.54. The molecular weight excluding hydrogens is 285 g/mol. The molecule has 0 bridgehead atoms. The smallest absolute Gasteiger partial charge is 0.142 e. The maximum atomic E-state index is 13.0. The molecule has 1 heterocycles. The summed E-state index contributed by atoms with van der Waals surface area (Å²) in [4.78, 5) is 1.29. The van der Waals surface area contributed by atoms with Crippen molar-refractivity contribution in [1.29, 1.82) is 0 Å². The quantitative estimate of drug-likeness (QED) is 0.867. The van der Waals surface area contributed by atoms with E-state index in [0.29, 0.717) is 12.3 Å². The molecule has 2 rings (SSSR count). The Balaban J connectivity index is 1.77. The minimum atomic E-state index is -0.433. The second kappa shape index (κ2) is 6.89. The van der Waals surface area contributed by atoms with Gasteiger partial charge in [0.2, 0.25) is 0 Å². The molecule has 0 radical (unpaired) electrons. The van der Waals surface area contributed by atoms with Crippen LogP contribution in [0.2, 0.25) is 5.02 Å². The van der Waals surface area contributed by atoms with E-state index in [0.717, 1.165) is 6.54 Å². The summed E-state index contributed by atoms with van der Waals surface area (Å²) in [5, 5.41) is 5.45. The van der Waals surface area contributed by atoms with Gasteiger partial charge in [0.05, 0.1) is 5.02 Å². The largest absolute Gasteiger partial charge is 0.489 e. The van der Waals surface area contributed by atoms with E-state index >= 15 is 0 Å². The highest BCUT2D eigenvalue weighted by atomic mass is 35.5. The van der Waals surface area contributed by atoms with Crippen LogP contribution in [-0.4, -0.2) is 12.6 Å². The summed E-state index contributed by atoms with van der Waals surface area (Å²) in [6, 6.07) is 8.50. The Morgan fingerprint density at radius 2 is 2.26 bits per heavy atom. The predicted molar refractivity (Wildman–Crippen MR) is 77.5 cm³/mol. The van der Waals surface area contributed by atoms with Gasteiger partial charge in [-0.3, -0.25) is 0 Å². The summed E-state index contributed by atoms with van der Waals surface area (Å²) in [5.74, 6) is 0.148. The van der Waals surface area contributed by atoms with Gasteiger partial charge in [0.1, 0.15) is 17.7 Å². The van der Waals surface area contributed by atoms with Gasteiger partial charge in [0.25, 0.3) is 0 Å². The van der Waals surface area contributed by atoms with Crippen LogP contribution >= 0.6 is 22.9 Å². The Labute approximate surface area is 121 Å². The van der Waals surface area contributed by atoms with Crippen LogP contribution < -0.4 is 10.1 Å². The topological polar surface area (TPSA) is 21.3 Å². The van der Waals surface area contributed by atoms with E-state index in [9.17, 15) is 4.39 Å². The molecule has 1 aromatic heterocycles. The van der Waals surface area contributed by atoms with Gasteiger partial charge in [0, 0.05) is 24.0 Å². The van der Waals surface area contributed by atoms with Crippen LogP contribution in [0.4, 0.5) is 4.39 Å². The average Bonchev–Trinajstić information content (AvgIpc) is 2.87. The molecule has 0 aliphatic heterocycles. The molecule has 0 amide bonds. The fourth-order valence-electron chi connectivity index (χ4n) is 1.64. The molecule has 2 nitrogen and oxygen atoms in total. The number of rotatable bonds is 6. The van der Waals surface area contributed by atoms with Crippen molar-refractivity contribution in [2.75, 3.05) is 6.54 Å². The maximum Gasteiger partial charge on any atom is 0.142 e. The van der Waals surface area contributed by atoms with Crippen molar-refractivity contribution in [2.24, 2.45) is 0 Å². The van der Waals surface area contributed by atoms with Crippen molar-refractivity contribution in [3.8, 4) is 5.75 Å². The molecular formula is C14H15ClFNOS. The lowest BCUT2D eigenvalue weighted by molar-refractivity contribution is 0.217. The van der Waals surface area contributed by atoms with Crippen molar-refractivity contribution < 1.29 is 9.13 Å². The summed E-state index contributed by atoms with van der Waals surface area (Å²) in [6.45, 7) is 3.50. The number of benzene rings is 1. The zero-order chi connectivity index (χ0) is 13.7. The minimum Gasteiger partial charge on any atom is -0.489 e. The van der Waals surface area contributed by atoms with Crippen molar-refractivity contribution >= 4 is 22.9 Å². The van der Waals surface area contributed by atoms with Gasteiger partial charge in [-0.1, -0.05) is 17.7 Å². The fraction of sp³-hybridized carbons (Fsp3) is 0.286. The predicted octanol–water partition coefficient (Wildman–Crippen LogP) is 4.10. The molecule has 1 atom stereocenters. The van der Waals surface area contributed by atoms with Gasteiger partial charge in [-0.25, -0.2) is 4.39 Å². The maximum absolute atomic E-state index is 13.0. The number of hydrogen-bond acceptors (Lipinski definition) is 3. The zero-order valence-electron chi connectivity index (χ0n) is 10.5. The van der Waals surface area contributed by atoms with E-state index in [2.05, 4.69) is 16.8 Å². The van der Waals surface area contributed by atoms with Crippen LogP contribution in [0.5, 0.6) is 5.75 Å². The Morgan fingerprint density at radius 1 is 1.42 bits per heavy atom. The number of thiophene rings is 1. The Morgan fingerprint density at radius 3 is 2.95 bits per heavy atom. The van der Waals surface area contributed by atoms with E-state index in [-0.39, 0.29) is 11.1 Å². The standard InChI is InChI=1S/C14H15ClFNOS/c1-10(8-17-9-12-3-2-6-19-12)18-11-4-5-14(16)13(15)7-11/h2-7,10,17H,8-9H2,1H3. The van der Waals surface area contributed by atoms with Gasteiger partial charge >= 0.3 is 0 Å². The van der Waals surface area contributed by atoms with Crippen molar-refractivity contribution in [3.05, 3.63) is 51.4 Å². The number of ether oxygens (including phenoxy) is 1. The Kier molecular flexibility index (Phi) is 5.19. The minimum absolute atomic E-state index is 0.0125. The first-order chi connectivity index (χ1) is 9.15. The average molecular weight is 300 g/mol. The summed E-state index contributed by atoms with van der Waals surface area (Å²) in [7, 11) is 0. The molecule has 1 unspecified atom stereocenters. The van der Waals surface area contributed by atoms with Gasteiger partial charge in [-0.15, -0.1) is 11.3 Å². The summed E-state index contributed by atoms with van der Waals surface area (Å²) in [6.07, 6.45) is -0.0125. The van der Waals surface area contributed by atoms with Crippen LogP contribution in [0.15, 0.2) is 35.7 Å². The lowest BCUT2D eigenvalue weighted by Gasteiger charge is -2.15. The summed E-state index contributed by atoms with van der Waals surface area (Å²) >= 11 is 7.42. The second-order valence-electron chi connectivity index (χ2n) is 4.21. The lowest BCUT2D eigenvalue weighted by atomic mass is 10.3. The molecule has 0 aliphatic carbocycles. The molecule has 0 saturated heterocycles. The third kappa shape index (κ3) is 4.49. The first-order valence-corrected chi connectivity index (χ1v) is 7.25. The lowest BCUT2D eigenvalue weighted by Crippen LogP contribution is -2.28. The monoisotopic (exact) mass is 299 g/mol. The van der Waals surface area contributed by atoms with Crippen molar-refractivity contribution in [2.45, 2.75) is 19.6 Å². The van der Waals surface area contributed by atoms with E-state index in [1.807, 2.05) is 13.0 Å². The SMILES string of the molecule is CC(CNCc1cccs1)Oc1ccc(F)c(Cl)c1. The molecule has 0 saturated carbocycles. The van der Waals surface area contributed by atoms with Crippen LogP contribution in [-0.2, 0) is 6.54 Å². The van der Waals surface area contributed by atoms with Gasteiger partial charge < -0.3 is 10.1 Å². The normalized spacial score (nSPS) is 12.4. The fourth-order valence-corrected chi connectivity index (χ4v) is 2.48. The van der Waals surface area contributed by atoms with E-state index in [4.69, 9.17) is 16.3 Å². The Hall–Kier alpha value is -1.10. The molecule has 2 aromatic rings. The van der Waals surface area contributed by atoms with Crippen LogP contribution in [0.25, 0.3) is 0 Å². The number of hydrogen-bond donors (Lipinski definition) is 1. The Bertz CT molecular complexity index is 518. The molecule has 19 heavy (non-hydrogen) atoms. The highest BCUT2D eigenvalue weighted by Gasteiger charge is 2.06. The molecule has 1 N–H and O–H groups in total. The molecule has 102 valence electrons. The van der Waals surface area contributed by atoms with Crippen LogP contribution in [0, 0.1) is 5.82 Å². The van der Waals surface area contributed by atoms with E-state index in [1.54, 1.807) is 17.4 Å². The van der Waals surface area contributed by atoms with Gasteiger partial charge in [0.15, 0.2) is 0 Å². The highest BCUT2D eigenvalue weighted by molar-refractivity contribution is 7.09. The molecule has 0 aliphatic rings. The second-order valence-corrected chi connectivity index (χ2v) is 5.65. The molecule has 1 aromatic carbocycles. The first kappa shape index (κ1) is 14.3. The zero-order valence-corrected chi connectivity index (χ0v) is 12.1. The van der Waals surface area contributed by atoms with Crippen LogP contribution in [0.1, 0.15) is 11.8 Å². The van der Waals surface area contributed by atoms with Gasteiger partial charge in [-0.05, 0) is 30.5 Å².